The van der Waals surface area contributed by atoms with E-state index in [1.807, 2.05) is 0 Å². The van der Waals surface area contributed by atoms with Gasteiger partial charge < -0.3 is 5.32 Å². The van der Waals surface area contributed by atoms with Crippen molar-refractivity contribution in [1.29, 1.82) is 0 Å². The Labute approximate surface area is 158 Å². The lowest BCUT2D eigenvalue weighted by atomic mass is 10.2. The number of benzene rings is 2. The molecular weight excluding hydrogens is 465 g/mol. The molecule has 2 aromatic rings. The second-order valence-electron chi connectivity index (χ2n) is 5.51. The topological polar surface area (TPSA) is 75.3 Å². The van der Waals surface area contributed by atoms with Crippen molar-refractivity contribution in [2.75, 3.05) is 5.32 Å². The van der Waals surface area contributed by atoms with Crippen LogP contribution >= 0.6 is 22.6 Å². The normalized spacial score (nSPS) is 11.6. The van der Waals surface area contributed by atoms with E-state index < -0.39 is 27.6 Å². The number of rotatable bonds is 5. The van der Waals surface area contributed by atoms with E-state index in [0.717, 1.165) is 12.1 Å². The van der Waals surface area contributed by atoms with Gasteiger partial charge in [-0.2, -0.15) is 0 Å². The minimum atomic E-state index is -3.66. The lowest BCUT2D eigenvalue weighted by Gasteiger charge is -2.10. The fourth-order valence-corrected chi connectivity index (χ4v) is 3.56. The molecule has 134 valence electrons. The molecule has 25 heavy (non-hydrogen) atoms. The SMILES string of the molecule is CC(C)NS(=O)(=O)c1ccc(C(=O)Nc2cc(F)c(I)c(F)c2)cc1. The molecule has 0 aliphatic carbocycles. The molecule has 2 rings (SSSR count). The fraction of sp³-hybridized carbons (Fsp3) is 0.188. The Morgan fingerprint density at radius 3 is 2.08 bits per heavy atom. The van der Waals surface area contributed by atoms with Gasteiger partial charge in [-0.15, -0.1) is 0 Å². The first kappa shape index (κ1) is 19.7. The van der Waals surface area contributed by atoms with Crippen molar-refractivity contribution in [1.82, 2.24) is 4.72 Å². The van der Waals surface area contributed by atoms with Crippen LogP contribution in [0.5, 0.6) is 0 Å². The largest absolute Gasteiger partial charge is 0.322 e. The van der Waals surface area contributed by atoms with Crippen LogP contribution in [0.1, 0.15) is 24.2 Å². The van der Waals surface area contributed by atoms with Crippen molar-refractivity contribution < 1.29 is 22.0 Å². The number of amides is 1. The predicted molar refractivity (Wildman–Crippen MR) is 98.9 cm³/mol. The second-order valence-corrected chi connectivity index (χ2v) is 8.30. The minimum absolute atomic E-state index is 0.0177. The summed E-state index contributed by atoms with van der Waals surface area (Å²) in [6.45, 7) is 3.39. The van der Waals surface area contributed by atoms with Gasteiger partial charge in [-0.1, -0.05) is 0 Å². The molecule has 0 aliphatic heterocycles. The van der Waals surface area contributed by atoms with Gasteiger partial charge in [-0.05, 0) is 72.8 Å². The van der Waals surface area contributed by atoms with E-state index in [2.05, 4.69) is 10.0 Å². The monoisotopic (exact) mass is 480 g/mol. The van der Waals surface area contributed by atoms with Gasteiger partial charge in [-0.3, -0.25) is 4.79 Å². The molecule has 2 N–H and O–H groups in total. The Balaban J connectivity index is 2.18. The summed E-state index contributed by atoms with van der Waals surface area (Å²) >= 11 is 1.52. The quantitative estimate of drug-likeness (QED) is 0.508. The Kier molecular flexibility index (Phi) is 6.12. The van der Waals surface area contributed by atoms with Gasteiger partial charge in [-0.25, -0.2) is 21.9 Å². The van der Waals surface area contributed by atoms with Crippen LogP contribution in [0.15, 0.2) is 41.3 Å². The summed E-state index contributed by atoms with van der Waals surface area (Å²) in [6, 6.07) is 6.97. The maximum absolute atomic E-state index is 13.5. The zero-order valence-corrected chi connectivity index (χ0v) is 16.3. The number of hydrogen-bond donors (Lipinski definition) is 2. The minimum Gasteiger partial charge on any atom is -0.322 e. The van der Waals surface area contributed by atoms with Gasteiger partial charge in [0.15, 0.2) is 0 Å². The fourth-order valence-electron chi connectivity index (χ4n) is 1.99. The summed E-state index contributed by atoms with van der Waals surface area (Å²) in [7, 11) is -3.66. The molecule has 5 nitrogen and oxygen atoms in total. The third kappa shape index (κ3) is 4.95. The molecule has 0 aliphatic rings. The number of carbonyl (C=O) groups excluding carboxylic acids is 1. The summed E-state index contributed by atoms with van der Waals surface area (Å²) in [5.74, 6) is -2.17. The Hall–Kier alpha value is -1.59. The van der Waals surface area contributed by atoms with E-state index >= 15 is 0 Å². The van der Waals surface area contributed by atoms with Crippen LogP contribution in [0.2, 0.25) is 0 Å². The lowest BCUT2D eigenvalue weighted by molar-refractivity contribution is 0.102. The van der Waals surface area contributed by atoms with E-state index in [4.69, 9.17) is 0 Å². The van der Waals surface area contributed by atoms with Crippen LogP contribution in [-0.4, -0.2) is 20.4 Å². The summed E-state index contributed by atoms with van der Waals surface area (Å²) in [5.41, 5.74) is 0.126. The molecule has 0 bridgehead atoms. The Morgan fingerprint density at radius 2 is 1.60 bits per heavy atom. The number of anilines is 1. The van der Waals surface area contributed by atoms with Crippen molar-refractivity contribution in [2.45, 2.75) is 24.8 Å². The summed E-state index contributed by atoms with van der Waals surface area (Å²) < 4.78 is 53.3. The molecule has 0 spiro atoms. The predicted octanol–water partition coefficient (Wildman–Crippen LogP) is 3.51. The third-order valence-corrected chi connectivity index (χ3v) is 5.76. The molecule has 0 saturated heterocycles. The highest BCUT2D eigenvalue weighted by Crippen LogP contribution is 2.21. The molecule has 0 saturated carbocycles. The number of carbonyl (C=O) groups is 1. The van der Waals surface area contributed by atoms with Crippen LogP contribution in [-0.2, 0) is 10.0 Å². The van der Waals surface area contributed by atoms with Gasteiger partial charge in [0, 0.05) is 17.3 Å². The van der Waals surface area contributed by atoms with Crippen molar-refractivity contribution >= 4 is 44.2 Å². The van der Waals surface area contributed by atoms with Crippen LogP contribution in [0.25, 0.3) is 0 Å². The Bertz CT molecular complexity index is 877. The highest BCUT2D eigenvalue weighted by molar-refractivity contribution is 14.1. The molecule has 2 aromatic carbocycles. The van der Waals surface area contributed by atoms with Crippen molar-refractivity contribution in [3.05, 3.63) is 57.2 Å². The molecule has 0 heterocycles. The number of halogens is 3. The van der Waals surface area contributed by atoms with Gasteiger partial charge in [0.2, 0.25) is 10.0 Å². The lowest BCUT2D eigenvalue weighted by Crippen LogP contribution is -2.30. The molecule has 9 heteroatoms. The van der Waals surface area contributed by atoms with E-state index in [1.54, 1.807) is 13.8 Å². The molecule has 0 aromatic heterocycles. The first-order chi connectivity index (χ1) is 11.6. The number of hydrogen-bond acceptors (Lipinski definition) is 3. The maximum Gasteiger partial charge on any atom is 0.255 e. The zero-order chi connectivity index (χ0) is 18.8. The summed E-state index contributed by atoms with van der Waals surface area (Å²) in [6.07, 6.45) is 0. The van der Waals surface area contributed by atoms with E-state index in [-0.39, 0.29) is 25.8 Å². The molecule has 1 amide bonds. The molecule has 0 radical (unpaired) electrons. The number of nitrogens with one attached hydrogen (secondary N) is 2. The van der Waals surface area contributed by atoms with E-state index in [1.165, 1.54) is 46.9 Å². The first-order valence-electron chi connectivity index (χ1n) is 7.18. The van der Waals surface area contributed by atoms with Crippen LogP contribution in [0.4, 0.5) is 14.5 Å². The maximum atomic E-state index is 13.5. The zero-order valence-electron chi connectivity index (χ0n) is 13.3. The average Bonchev–Trinajstić information content (AvgIpc) is 2.51. The van der Waals surface area contributed by atoms with Gasteiger partial charge >= 0.3 is 0 Å². The summed E-state index contributed by atoms with van der Waals surface area (Å²) in [4.78, 5) is 12.2. The average molecular weight is 480 g/mol. The van der Waals surface area contributed by atoms with Gasteiger partial charge in [0.1, 0.15) is 11.6 Å². The highest BCUT2D eigenvalue weighted by Gasteiger charge is 2.16. The molecule has 0 atom stereocenters. The van der Waals surface area contributed by atoms with Crippen LogP contribution in [0.3, 0.4) is 0 Å². The smallest absolute Gasteiger partial charge is 0.255 e. The second kappa shape index (κ2) is 7.75. The van der Waals surface area contributed by atoms with Crippen molar-refractivity contribution in [2.24, 2.45) is 0 Å². The molecule has 0 fully saturated rings. The molecular formula is C16H15F2IN2O3S. The first-order valence-corrected chi connectivity index (χ1v) is 9.74. The standard InChI is InChI=1S/C16H15F2IN2O3S/c1-9(2)21-25(23,24)12-5-3-10(4-6-12)16(22)20-11-7-13(17)15(19)14(18)8-11/h3-9,21H,1-2H3,(H,20,22). The van der Waals surface area contributed by atoms with E-state index in [9.17, 15) is 22.0 Å². The number of sulfonamides is 1. The molecule has 0 unspecified atom stereocenters. The van der Waals surface area contributed by atoms with E-state index in [0.29, 0.717) is 0 Å². The highest BCUT2D eigenvalue weighted by atomic mass is 127. The Morgan fingerprint density at radius 1 is 1.08 bits per heavy atom. The van der Waals surface area contributed by atoms with Crippen molar-refractivity contribution in [3.8, 4) is 0 Å². The van der Waals surface area contributed by atoms with Crippen molar-refractivity contribution in [3.63, 3.8) is 0 Å². The van der Waals surface area contributed by atoms with Crippen LogP contribution in [0, 0.1) is 15.2 Å². The summed E-state index contributed by atoms with van der Waals surface area (Å²) in [5, 5.41) is 2.37. The van der Waals surface area contributed by atoms with Crippen LogP contribution < -0.4 is 10.0 Å². The van der Waals surface area contributed by atoms with Gasteiger partial charge in [0.25, 0.3) is 5.91 Å². The third-order valence-electron chi connectivity index (χ3n) is 3.06. The van der Waals surface area contributed by atoms with Gasteiger partial charge in [0.05, 0.1) is 8.47 Å².